The molecule has 0 spiro atoms. The molecular weight excluding hydrogens is 384 g/mol. The molecule has 1 N–H and O–H groups in total. The average molecular weight is 417 g/mol. The first kappa shape index (κ1) is 22.9. The van der Waals surface area contributed by atoms with Crippen molar-refractivity contribution in [1.82, 2.24) is 5.32 Å². The predicted molar refractivity (Wildman–Crippen MR) is 120 cm³/mol. The third-order valence-electron chi connectivity index (χ3n) is 5.09. The van der Waals surface area contributed by atoms with E-state index in [1.54, 1.807) is 6.07 Å². The first-order valence-electron chi connectivity index (χ1n) is 10.2. The first-order chi connectivity index (χ1) is 13.8. The Morgan fingerprint density at radius 1 is 1.03 bits per heavy atom. The fourth-order valence-corrected chi connectivity index (χ4v) is 4.41. The number of anilines is 1. The average Bonchev–Trinajstić information content (AvgIpc) is 2.69. The summed E-state index contributed by atoms with van der Waals surface area (Å²) in [5.41, 5.74) is 5.21. The van der Waals surface area contributed by atoms with E-state index in [4.69, 9.17) is 0 Å². The maximum Gasteiger partial charge on any atom is 0.232 e. The lowest BCUT2D eigenvalue weighted by Crippen LogP contribution is -2.32. The van der Waals surface area contributed by atoms with E-state index in [9.17, 15) is 13.2 Å². The molecule has 2 aromatic rings. The molecule has 158 valence electrons. The third kappa shape index (κ3) is 6.60. The largest absolute Gasteiger partial charge is 0.352 e. The van der Waals surface area contributed by atoms with Crippen LogP contribution >= 0.6 is 0 Å². The highest BCUT2D eigenvalue weighted by molar-refractivity contribution is 7.92. The summed E-state index contributed by atoms with van der Waals surface area (Å²) in [5.74, 6) is -0.0628. The van der Waals surface area contributed by atoms with Crippen molar-refractivity contribution in [2.45, 2.75) is 53.0 Å². The quantitative estimate of drug-likeness (QED) is 0.637. The predicted octanol–water partition coefficient (Wildman–Crippen LogP) is 3.98. The molecule has 0 aliphatic carbocycles. The van der Waals surface area contributed by atoms with Gasteiger partial charge in [-0.1, -0.05) is 50.2 Å². The Hall–Kier alpha value is -2.34. The monoisotopic (exact) mass is 416 g/mol. The fraction of sp³-hybridized carbons (Fsp3) is 0.435. The first-order valence-corrected chi connectivity index (χ1v) is 12.0. The van der Waals surface area contributed by atoms with Crippen LogP contribution in [0.25, 0.3) is 0 Å². The number of benzene rings is 2. The van der Waals surface area contributed by atoms with Gasteiger partial charge in [0.1, 0.15) is 0 Å². The Labute approximate surface area is 175 Å². The van der Waals surface area contributed by atoms with Gasteiger partial charge >= 0.3 is 0 Å². The molecule has 0 unspecified atom stereocenters. The van der Waals surface area contributed by atoms with Crippen molar-refractivity contribution in [3.63, 3.8) is 0 Å². The van der Waals surface area contributed by atoms with Gasteiger partial charge in [-0.15, -0.1) is 0 Å². The van der Waals surface area contributed by atoms with Crippen molar-refractivity contribution in [1.29, 1.82) is 0 Å². The van der Waals surface area contributed by atoms with Gasteiger partial charge in [-0.05, 0) is 54.5 Å². The van der Waals surface area contributed by atoms with Crippen molar-refractivity contribution >= 4 is 21.6 Å². The van der Waals surface area contributed by atoms with Gasteiger partial charge in [-0.2, -0.15) is 0 Å². The number of hydrogen-bond acceptors (Lipinski definition) is 3. The second-order valence-electron chi connectivity index (χ2n) is 7.31. The zero-order valence-electron chi connectivity index (χ0n) is 17.9. The van der Waals surface area contributed by atoms with Crippen LogP contribution in [0, 0.1) is 6.92 Å². The number of carbonyl (C=O) groups excluding carboxylic acids is 1. The summed E-state index contributed by atoms with van der Waals surface area (Å²) in [4.78, 5) is 12.3. The summed E-state index contributed by atoms with van der Waals surface area (Å²) >= 11 is 0. The van der Waals surface area contributed by atoms with E-state index in [0.29, 0.717) is 18.7 Å². The molecule has 2 rings (SSSR count). The molecule has 0 atom stereocenters. The van der Waals surface area contributed by atoms with Crippen LogP contribution in [0.15, 0.2) is 42.5 Å². The van der Waals surface area contributed by atoms with E-state index in [-0.39, 0.29) is 18.9 Å². The van der Waals surface area contributed by atoms with Crippen LogP contribution in [0.3, 0.4) is 0 Å². The minimum atomic E-state index is -3.41. The summed E-state index contributed by atoms with van der Waals surface area (Å²) in [6.07, 6.45) is 3.84. The standard InChI is InChI=1S/C23H32N2O3S/c1-5-19-13-14-20(6-2)21(16-19)17-24-23(26)12-9-15-25(29(4,27)28)22-11-8-7-10-18(22)3/h7-8,10-11,13-14,16H,5-6,9,12,15,17H2,1-4H3,(H,24,26). The summed E-state index contributed by atoms with van der Waals surface area (Å²) in [5, 5.41) is 2.98. The zero-order valence-corrected chi connectivity index (χ0v) is 18.7. The molecule has 0 heterocycles. The Bertz CT molecular complexity index is 939. The highest BCUT2D eigenvalue weighted by atomic mass is 32.2. The number of carbonyl (C=O) groups is 1. The molecule has 0 aliphatic heterocycles. The molecule has 29 heavy (non-hydrogen) atoms. The van der Waals surface area contributed by atoms with Crippen LogP contribution in [0.1, 0.15) is 48.9 Å². The van der Waals surface area contributed by atoms with Gasteiger partial charge in [-0.3, -0.25) is 9.10 Å². The number of nitrogens with zero attached hydrogens (tertiary/aromatic N) is 1. The Balaban J connectivity index is 1.94. The smallest absolute Gasteiger partial charge is 0.232 e. The lowest BCUT2D eigenvalue weighted by molar-refractivity contribution is -0.121. The van der Waals surface area contributed by atoms with Gasteiger partial charge in [0, 0.05) is 19.5 Å². The normalized spacial score (nSPS) is 11.3. The van der Waals surface area contributed by atoms with Crippen LogP contribution in [0.5, 0.6) is 0 Å². The minimum Gasteiger partial charge on any atom is -0.352 e. The highest BCUT2D eigenvalue weighted by Crippen LogP contribution is 2.22. The van der Waals surface area contributed by atoms with Gasteiger partial charge < -0.3 is 5.32 Å². The zero-order chi connectivity index (χ0) is 21.4. The van der Waals surface area contributed by atoms with Crippen molar-refractivity contribution in [2.75, 3.05) is 17.1 Å². The lowest BCUT2D eigenvalue weighted by atomic mass is 10.0. The molecule has 2 aromatic carbocycles. The SMILES string of the molecule is CCc1ccc(CC)c(CNC(=O)CCCN(c2ccccc2C)S(C)(=O)=O)c1. The summed E-state index contributed by atoms with van der Waals surface area (Å²) in [7, 11) is -3.41. The number of rotatable bonds is 10. The molecule has 0 saturated heterocycles. The molecule has 0 bridgehead atoms. The topological polar surface area (TPSA) is 66.5 Å². The summed E-state index contributed by atoms with van der Waals surface area (Å²) in [6, 6.07) is 13.8. The Morgan fingerprint density at radius 3 is 2.38 bits per heavy atom. The maximum atomic E-state index is 12.3. The number of sulfonamides is 1. The van der Waals surface area contributed by atoms with Crippen molar-refractivity contribution < 1.29 is 13.2 Å². The Morgan fingerprint density at radius 2 is 1.76 bits per heavy atom. The van der Waals surface area contributed by atoms with E-state index in [0.717, 1.165) is 24.0 Å². The number of para-hydroxylation sites is 1. The van der Waals surface area contributed by atoms with Crippen LogP contribution in [-0.4, -0.2) is 27.1 Å². The molecule has 0 fully saturated rings. The molecule has 0 radical (unpaired) electrons. The van der Waals surface area contributed by atoms with E-state index >= 15 is 0 Å². The van der Waals surface area contributed by atoms with Gasteiger partial charge in [0.2, 0.25) is 15.9 Å². The van der Waals surface area contributed by atoms with Gasteiger partial charge in [0.05, 0.1) is 11.9 Å². The maximum absolute atomic E-state index is 12.3. The van der Waals surface area contributed by atoms with E-state index in [2.05, 4.69) is 37.4 Å². The number of amides is 1. The van der Waals surface area contributed by atoms with Gasteiger partial charge in [-0.25, -0.2) is 8.42 Å². The Kier molecular flexibility index (Phi) is 8.26. The van der Waals surface area contributed by atoms with Crippen LogP contribution in [0.2, 0.25) is 0 Å². The summed E-state index contributed by atoms with van der Waals surface area (Å²) in [6.45, 7) is 6.89. The van der Waals surface area contributed by atoms with Crippen LogP contribution in [-0.2, 0) is 34.2 Å². The molecule has 0 aliphatic rings. The number of nitrogens with one attached hydrogen (secondary N) is 1. The van der Waals surface area contributed by atoms with E-state index < -0.39 is 10.0 Å². The highest BCUT2D eigenvalue weighted by Gasteiger charge is 2.19. The third-order valence-corrected chi connectivity index (χ3v) is 6.27. The molecule has 5 nitrogen and oxygen atoms in total. The second kappa shape index (κ2) is 10.4. The fourth-order valence-electron chi connectivity index (χ4n) is 3.38. The number of hydrogen-bond donors (Lipinski definition) is 1. The second-order valence-corrected chi connectivity index (χ2v) is 9.22. The molecular formula is C23H32N2O3S. The molecule has 1 amide bonds. The van der Waals surface area contributed by atoms with Crippen molar-refractivity contribution in [2.24, 2.45) is 0 Å². The van der Waals surface area contributed by atoms with Crippen LogP contribution < -0.4 is 9.62 Å². The van der Waals surface area contributed by atoms with Crippen molar-refractivity contribution in [3.05, 3.63) is 64.7 Å². The molecule has 6 heteroatoms. The lowest BCUT2D eigenvalue weighted by Gasteiger charge is -2.24. The molecule has 0 aromatic heterocycles. The van der Waals surface area contributed by atoms with Crippen LogP contribution in [0.4, 0.5) is 5.69 Å². The van der Waals surface area contributed by atoms with Gasteiger partial charge in [0.25, 0.3) is 0 Å². The minimum absolute atomic E-state index is 0.0628. The van der Waals surface area contributed by atoms with Gasteiger partial charge in [0.15, 0.2) is 0 Å². The van der Waals surface area contributed by atoms with E-state index in [1.165, 1.54) is 21.7 Å². The van der Waals surface area contributed by atoms with E-state index in [1.807, 2.05) is 25.1 Å². The van der Waals surface area contributed by atoms with Crippen molar-refractivity contribution in [3.8, 4) is 0 Å². The molecule has 0 saturated carbocycles. The summed E-state index contributed by atoms with van der Waals surface area (Å²) < 4.78 is 25.8. The number of aryl methyl sites for hydroxylation is 3.